The molecule has 1 aromatic rings. The molecule has 3 heteroatoms. The van der Waals surface area contributed by atoms with Gasteiger partial charge in [0.05, 0.1) is 5.69 Å². The lowest BCUT2D eigenvalue weighted by atomic mass is 10.00. The van der Waals surface area contributed by atoms with Crippen molar-refractivity contribution in [2.24, 2.45) is 5.92 Å². The van der Waals surface area contributed by atoms with Crippen molar-refractivity contribution in [1.29, 1.82) is 0 Å². The molecule has 0 aliphatic heterocycles. The fourth-order valence-corrected chi connectivity index (χ4v) is 2.27. The van der Waals surface area contributed by atoms with Gasteiger partial charge in [0, 0.05) is 12.2 Å². The van der Waals surface area contributed by atoms with Crippen LogP contribution in [-0.4, -0.2) is 22.9 Å². The van der Waals surface area contributed by atoms with E-state index in [1.54, 1.807) is 0 Å². The molecule has 0 aromatic carbocycles. The van der Waals surface area contributed by atoms with E-state index in [9.17, 15) is 0 Å². The van der Waals surface area contributed by atoms with Crippen LogP contribution in [0.2, 0.25) is 0 Å². The average molecular weight is 251 g/mol. The van der Waals surface area contributed by atoms with Gasteiger partial charge in [-0.15, -0.1) is 0 Å². The first kappa shape index (κ1) is 15.2. The lowest BCUT2D eigenvalue weighted by Gasteiger charge is -2.16. The number of nitrogens with one attached hydrogen (secondary N) is 1. The summed E-state index contributed by atoms with van der Waals surface area (Å²) in [6.45, 7) is 12.1. The van der Waals surface area contributed by atoms with E-state index in [1.807, 2.05) is 0 Å². The zero-order valence-corrected chi connectivity index (χ0v) is 12.5. The van der Waals surface area contributed by atoms with E-state index in [0.29, 0.717) is 0 Å². The summed E-state index contributed by atoms with van der Waals surface area (Å²) in [6.07, 6.45) is 4.62. The van der Waals surface area contributed by atoms with E-state index >= 15 is 0 Å². The minimum atomic E-state index is 0.725. The highest BCUT2D eigenvalue weighted by Crippen LogP contribution is 2.14. The number of hydrogen-bond acceptors (Lipinski definition) is 2. The molecule has 104 valence electrons. The fourth-order valence-electron chi connectivity index (χ4n) is 2.27. The van der Waals surface area contributed by atoms with Crippen LogP contribution in [0, 0.1) is 5.92 Å². The monoisotopic (exact) mass is 251 g/mol. The van der Waals surface area contributed by atoms with Gasteiger partial charge in [-0.1, -0.05) is 27.2 Å². The van der Waals surface area contributed by atoms with Crippen LogP contribution in [0.1, 0.15) is 51.9 Å². The quantitative estimate of drug-likeness (QED) is 0.684. The summed E-state index contributed by atoms with van der Waals surface area (Å²) in [6, 6.07) is 2.28. The zero-order chi connectivity index (χ0) is 13.4. The standard InChI is InChI=1S/C15H29N3/c1-5-9-16-12-13(6-2)10-15-11-14(7-3)17-18(15)8-4/h11,13,16H,5-10,12H2,1-4H3. The fraction of sp³-hybridized carbons (Fsp3) is 0.800. The highest BCUT2D eigenvalue weighted by Gasteiger charge is 2.12. The van der Waals surface area contributed by atoms with Crippen molar-refractivity contribution < 1.29 is 0 Å². The SMILES string of the molecule is CCCNCC(CC)Cc1cc(CC)nn1CC. The Morgan fingerprint density at radius 2 is 2.06 bits per heavy atom. The number of hydrogen-bond donors (Lipinski definition) is 1. The maximum Gasteiger partial charge on any atom is 0.0624 e. The van der Waals surface area contributed by atoms with Gasteiger partial charge in [-0.25, -0.2) is 0 Å². The van der Waals surface area contributed by atoms with Crippen molar-refractivity contribution in [3.63, 3.8) is 0 Å². The van der Waals surface area contributed by atoms with Crippen molar-refractivity contribution in [2.75, 3.05) is 13.1 Å². The van der Waals surface area contributed by atoms with Crippen molar-refractivity contribution in [3.8, 4) is 0 Å². The number of rotatable bonds is 9. The molecule has 1 unspecified atom stereocenters. The summed E-state index contributed by atoms with van der Waals surface area (Å²) < 4.78 is 2.17. The first-order chi connectivity index (χ1) is 8.74. The van der Waals surface area contributed by atoms with Gasteiger partial charge in [0.1, 0.15) is 0 Å². The van der Waals surface area contributed by atoms with Crippen LogP contribution in [0.5, 0.6) is 0 Å². The van der Waals surface area contributed by atoms with Crippen molar-refractivity contribution in [2.45, 2.75) is 59.9 Å². The van der Waals surface area contributed by atoms with Crippen molar-refractivity contribution >= 4 is 0 Å². The second-order valence-electron chi connectivity index (χ2n) is 4.98. The first-order valence-electron chi connectivity index (χ1n) is 7.51. The molecule has 0 saturated heterocycles. The Kier molecular flexibility index (Phi) is 7.02. The van der Waals surface area contributed by atoms with E-state index in [2.05, 4.69) is 48.9 Å². The maximum absolute atomic E-state index is 4.63. The van der Waals surface area contributed by atoms with Gasteiger partial charge in [0.15, 0.2) is 0 Å². The lowest BCUT2D eigenvalue weighted by molar-refractivity contribution is 0.443. The molecule has 0 aliphatic rings. The molecule has 3 nitrogen and oxygen atoms in total. The van der Waals surface area contributed by atoms with Gasteiger partial charge in [-0.3, -0.25) is 4.68 Å². The minimum Gasteiger partial charge on any atom is -0.316 e. The topological polar surface area (TPSA) is 29.9 Å². The highest BCUT2D eigenvalue weighted by molar-refractivity contribution is 5.11. The molecule has 1 heterocycles. The Morgan fingerprint density at radius 1 is 1.28 bits per heavy atom. The summed E-state index contributed by atoms with van der Waals surface area (Å²) in [7, 11) is 0. The van der Waals surface area contributed by atoms with E-state index in [-0.39, 0.29) is 0 Å². The van der Waals surface area contributed by atoms with Crippen LogP contribution in [0.3, 0.4) is 0 Å². The molecule has 1 atom stereocenters. The Labute approximate surface area is 112 Å². The molecule has 1 aromatic heterocycles. The predicted octanol–water partition coefficient (Wildman–Crippen LogP) is 3.03. The Bertz CT molecular complexity index is 330. The van der Waals surface area contributed by atoms with Gasteiger partial charge in [-0.2, -0.15) is 5.10 Å². The number of nitrogens with zero attached hydrogens (tertiary/aromatic N) is 2. The molecule has 0 saturated carbocycles. The third kappa shape index (κ3) is 4.45. The van der Waals surface area contributed by atoms with Gasteiger partial charge >= 0.3 is 0 Å². The Morgan fingerprint density at radius 3 is 2.61 bits per heavy atom. The molecule has 0 amide bonds. The normalized spacial score (nSPS) is 12.9. The summed E-state index contributed by atoms with van der Waals surface area (Å²) >= 11 is 0. The van der Waals surface area contributed by atoms with Crippen molar-refractivity contribution in [3.05, 3.63) is 17.5 Å². The predicted molar refractivity (Wildman–Crippen MR) is 77.9 cm³/mol. The van der Waals surface area contributed by atoms with Gasteiger partial charge in [0.25, 0.3) is 0 Å². The average Bonchev–Trinajstić information content (AvgIpc) is 2.80. The number of aromatic nitrogens is 2. The van der Waals surface area contributed by atoms with Gasteiger partial charge in [-0.05, 0) is 51.3 Å². The molecule has 18 heavy (non-hydrogen) atoms. The Balaban J connectivity index is 2.59. The summed E-state index contributed by atoms with van der Waals surface area (Å²) in [4.78, 5) is 0. The van der Waals surface area contributed by atoms with E-state index < -0.39 is 0 Å². The highest BCUT2D eigenvalue weighted by atomic mass is 15.3. The van der Waals surface area contributed by atoms with E-state index in [1.165, 1.54) is 24.2 Å². The first-order valence-corrected chi connectivity index (χ1v) is 7.51. The summed E-state index contributed by atoms with van der Waals surface area (Å²) in [5, 5.41) is 8.16. The molecule has 1 rings (SSSR count). The Hall–Kier alpha value is -0.830. The van der Waals surface area contributed by atoms with E-state index in [4.69, 9.17) is 0 Å². The van der Waals surface area contributed by atoms with Gasteiger partial charge < -0.3 is 5.32 Å². The number of aryl methyl sites for hydroxylation is 2. The molecule has 0 aliphatic carbocycles. The zero-order valence-electron chi connectivity index (χ0n) is 12.5. The third-order valence-corrected chi connectivity index (χ3v) is 3.51. The second-order valence-corrected chi connectivity index (χ2v) is 4.98. The van der Waals surface area contributed by atoms with Crippen LogP contribution in [0.25, 0.3) is 0 Å². The van der Waals surface area contributed by atoms with Crippen LogP contribution in [-0.2, 0) is 19.4 Å². The molecule has 0 fully saturated rings. The molecule has 0 radical (unpaired) electrons. The van der Waals surface area contributed by atoms with Crippen LogP contribution in [0.15, 0.2) is 6.07 Å². The molecule has 0 bridgehead atoms. The van der Waals surface area contributed by atoms with Crippen LogP contribution >= 0.6 is 0 Å². The van der Waals surface area contributed by atoms with Crippen LogP contribution < -0.4 is 5.32 Å². The second kappa shape index (κ2) is 8.30. The smallest absolute Gasteiger partial charge is 0.0624 e. The van der Waals surface area contributed by atoms with Gasteiger partial charge in [0.2, 0.25) is 0 Å². The third-order valence-electron chi connectivity index (χ3n) is 3.51. The lowest BCUT2D eigenvalue weighted by Crippen LogP contribution is -2.25. The summed E-state index contributed by atoms with van der Waals surface area (Å²) in [5.74, 6) is 0.725. The molecule has 1 N–H and O–H groups in total. The van der Waals surface area contributed by atoms with E-state index in [0.717, 1.165) is 38.4 Å². The maximum atomic E-state index is 4.63. The largest absolute Gasteiger partial charge is 0.316 e. The molecular formula is C15H29N3. The van der Waals surface area contributed by atoms with Crippen molar-refractivity contribution in [1.82, 2.24) is 15.1 Å². The minimum absolute atomic E-state index is 0.725. The molecular weight excluding hydrogens is 222 g/mol. The summed E-state index contributed by atoms with van der Waals surface area (Å²) in [5.41, 5.74) is 2.63. The molecule has 0 spiro atoms. The van der Waals surface area contributed by atoms with Crippen LogP contribution in [0.4, 0.5) is 0 Å².